The first-order valence-corrected chi connectivity index (χ1v) is 11.2. The van der Waals surface area contributed by atoms with Crippen LogP contribution in [0, 0.1) is 0 Å². The lowest BCUT2D eigenvalue weighted by Crippen LogP contribution is -2.40. The van der Waals surface area contributed by atoms with Gasteiger partial charge in [-0.15, -0.1) is 0 Å². The quantitative estimate of drug-likeness (QED) is 0.532. The molecule has 7 nitrogen and oxygen atoms in total. The molecule has 0 aliphatic heterocycles. The van der Waals surface area contributed by atoms with Crippen LogP contribution in [0.15, 0.2) is 53.4 Å². The van der Waals surface area contributed by atoms with E-state index in [0.717, 1.165) is 0 Å². The minimum atomic E-state index is -3.75. The van der Waals surface area contributed by atoms with Gasteiger partial charge >= 0.3 is 6.61 Å². The molecule has 2 aromatic carbocycles. The van der Waals surface area contributed by atoms with Crippen molar-refractivity contribution in [1.29, 1.82) is 0 Å². The van der Waals surface area contributed by atoms with Gasteiger partial charge in [-0.05, 0) is 69.7 Å². The van der Waals surface area contributed by atoms with E-state index in [9.17, 15) is 22.0 Å². The Kier molecular flexibility index (Phi) is 8.34. The molecule has 0 heterocycles. The van der Waals surface area contributed by atoms with Crippen molar-refractivity contribution < 1.29 is 31.5 Å². The largest absolute Gasteiger partial charge is 0.490 e. The van der Waals surface area contributed by atoms with Crippen LogP contribution in [0.25, 0.3) is 6.08 Å². The second-order valence-electron chi connectivity index (χ2n) is 7.72. The summed E-state index contributed by atoms with van der Waals surface area (Å²) in [6.07, 6.45) is 2.69. The molecule has 0 spiro atoms. The molecular formula is C22H26F2N2O5S. The molecule has 174 valence electrons. The fourth-order valence-corrected chi connectivity index (χ4v) is 4.11. The van der Waals surface area contributed by atoms with Crippen molar-refractivity contribution in [1.82, 2.24) is 4.72 Å². The third kappa shape index (κ3) is 7.93. The van der Waals surface area contributed by atoms with Crippen LogP contribution in [-0.4, -0.2) is 33.1 Å². The molecule has 0 saturated heterocycles. The summed E-state index contributed by atoms with van der Waals surface area (Å²) in [5.41, 5.74) is 0.167. The number of carbonyl (C=O) groups is 1. The van der Waals surface area contributed by atoms with Crippen molar-refractivity contribution in [3.63, 3.8) is 0 Å². The first-order valence-electron chi connectivity index (χ1n) is 9.74. The molecule has 0 fully saturated rings. The normalized spacial score (nSPS) is 12.2. The highest BCUT2D eigenvalue weighted by atomic mass is 32.2. The maximum absolute atomic E-state index is 12.5. The van der Waals surface area contributed by atoms with Gasteiger partial charge in [0.25, 0.3) is 0 Å². The second-order valence-corrected chi connectivity index (χ2v) is 9.41. The van der Waals surface area contributed by atoms with Gasteiger partial charge in [0.05, 0.1) is 11.5 Å². The number of benzene rings is 2. The van der Waals surface area contributed by atoms with Gasteiger partial charge in [-0.25, -0.2) is 13.1 Å². The monoisotopic (exact) mass is 468 g/mol. The highest BCUT2D eigenvalue weighted by Gasteiger charge is 2.22. The van der Waals surface area contributed by atoms with Crippen LogP contribution in [0.2, 0.25) is 0 Å². The zero-order valence-electron chi connectivity index (χ0n) is 18.2. The SMILES string of the molecule is CCOc1cc(/C=C/C(=O)Nc2cccc(S(=O)(=O)NC(C)(C)C)c2)ccc1OC(F)F. The minimum absolute atomic E-state index is 0.0187. The number of nitrogens with one attached hydrogen (secondary N) is 2. The Morgan fingerprint density at radius 2 is 1.84 bits per heavy atom. The predicted octanol–water partition coefficient (Wildman–Crippen LogP) is 4.42. The first-order chi connectivity index (χ1) is 14.9. The van der Waals surface area contributed by atoms with Gasteiger partial charge in [0.2, 0.25) is 15.9 Å². The Labute approximate surface area is 186 Å². The topological polar surface area (TPSA) is 93.7 Å². The fraction of sp³-hybridized carbons (Fsp3) is 0.318. The lowest BCUT2D eigenvalue weighted by molar-refractivity contribution is -0.111. The molecule has 0 aliphatic carbocycles. The fourth-order valence-electron chi connectivity index (χ4n) is 2.65. The number of amides is 1. The summed E-state index contributed by atoms with van der Waals surface area (Å²) in [6, 6.07) is 10.1. The van der Waals surface area contributed by atoms with E-state index in [4.69, 9.17) is 4.74 Å². The maximum Gasteiger partial charge on any atom is 0.387 e. The smallest absolute Gasteiger partial charge is 0.387 e. The summed E-state index contributed by atoms with van der Waals surface area (Å²) in [7, 11) is -3.75. The van der Waals surface area contributed by atoms with E-state index in [1.54, 1.807) is 33.8 Å². The molecule has 0 radical (unpaired) electrons. The number of halogens is 2. The molecule has 0 aromatic heterocycles. The van der Waals surface area contributed by atoms with Crippen LogP contribution in [0.4, 0.5) is 14.5 Å². The number of sulfonamides is 1. The van der Waals surface area contributed by atoms with E-state index < -0.39 is 28.1 Å². The van der Waals surface area contributed by atoms with Crippen molar-refractivity contribution in [3.8, 4) is 11.5 Å². The number of hydrogen-bond acceptors (Lipinski definition) is 5. The van der Waals surface area contributed by atoms with E-state index in [-0.39, 0.29) is 23.0 Å². The Hall–Kier alpha value is -2.98. The molecule has 1 amide bonds. The molecule has 0 saturated carbocycles. The average molecular weight is 469 g/mol. The summed E-state index contributed by atoms with van der Waals surface area (Å²) in [5.74, 6) is -0.487. The van der Waals surface area contributed by atoms with E-state index in [0.29, 0.717) is 11.3 Å². The molecule has 2 rings (SSSR count). The van der Waals surface area contributed by atoms with Gasteiger partial charge in [0, 0.05) is 17.3 Å². The lowest BCUT2D eigenvalue weighted by atomic mass is 10.1. The van der Waals surface area contributed by atoms with Crippen LogP contribution < -0.4 is 19.5 Å². The van der Waals surface area contributed by atoms with Gasteiger partial charge in [-0.2, -0.15) is 8.78 Å². The van der Waals surface area contributed by atoms with Gasteiger partial charge in [0.15, 0.2) is 11.5 Å². The van der Waals surface area contributed by atoms with Crippen LogP contribution in [0.3, 0.4) is 0 Å². The van der Waals surface area contributed by atoms with Crippen molar-refractivity contribution in [2.45, 2.75) is 44.7 Å². The van der Waals surface area contributed by atoms with Crippen LogP contribution >= 0.6 is 0 Å². The zero-order valence-corrected chi connectivity index (χ0v) is 19.0. The number of alkyl halides is 2. The van der Waals surface area contributed by atoms with Crippen LogP contribution in [-0.2, 0) is 14.8 Å². The molecular weight excluding hydrogens is 442 g/mol. The minimum Gasteiger partial charge on any atom is -0.490 e. The highest BCUT2D eigenvalue weighted by Crippen LogP contribution is 2.30. The molecule has 2 aromatic rings. The number of anilines is 1. The zero-order chi connectivity index (χ0) is 23.9. The molecule has 0 aliphatic rings. The number of carbonyl (C=O) groups excluding carboxylic acids is 1. The van der Waals surface area contributed by atoms with E-state index in [2.05, 4.69) is 14.8 Å². The van der Waals surface area contributed by atoms with Crippen LogP contribution in [0.5, 0.6) is 11.5 Å². The van der Waals surface area contributed by atoms with Crippen molar-refractivity contribution in [3.05, 3.63) is 54.1 Å². The average Bonchev–Trinajstić information content (AvgIpc) is 2.66. The molecule has 32 heavy (non-hydrogen) atoms. The van der Waals surface area contributed by atoms with Gasteiger partial charge < -0.3 is 14.8 Å². The molecule has 2 N–H and O–H groups in total. The predicted molar refractivity (Wildman–Crippen MR) is 118 cm³/mol. The number of ether oxygens (including phenoxy) is 2. The maximum atomic E-state index is 12.5. The van der Waals surface area contributed by atoms with E-state index in [1.807, 2.05) is 0 Å². The molecule has 0 bridgehead atoms. The van der Waals surface area contributed by atoms with E-state index in [1.165, 1.54) is 48.6 Å². The van der Waals surface area contributed by atoms with Gasteiger partial charge in [-0.3, -0.25) is 4.79 Å². The Balaban J connectivity index is 2.13. The van der Waals surface area contributed by atoms with Crippen molar-refractivity contribution >= 4 is 27.7 Å². The molecule has 0 unspecified atom stereocenters. The third-order valence-corrected chi connectivity index (χ3v) is 5.52. The Morgan fingerprint density at radius 1 is 1.12 bits per heavy atom. The highest BCUT2D eigenvalue weighted by molar-refractivity contribution is 7.89. The lowest BCUT2D eigenvalue weighted by Gasteiger charge is -2.20. The van der Waals surface area contributed by atoms with E-state index >= 15 is 0 Å². The summed E-state index contributed by atoms with van der Waals surface area (Å²) in [5, 5.41) is 2.59. The van der Waals surface area contributed by atoms with Gasteiger partial charge in [-0.1, -0.05) is 12.1 Å². The van der Waals surface area contributed by atoms with Crippen LogP contribution in [0.1, 0.15) is 33.3 Å². The molecule has 0 atom stereocenters. The number of hydrogen-bond donors (Lipinski definition) is 2. The standard InChI is InChI=1S/C22H26F2N2O5S/c1-5-30-19-13-15(9-11-18(19)31-21(23)24)10-12-20(27)25-16-7-6-8-17(14-16)32(28,29)26-22(2,3)4/h6-14,21,26H,5H2,1-4H3,(H,25,27)/b12-10+. The first kappa shape index (κ1) is 25.3. The summed E-state index contributed by atoms with van der Waals surface area (Å²) in [6.45, 7) is 4.14. The third-order valence-electron chi connectivity index (χ3n) is 3.76. The summed E-state index contributed by atoms with van der Waals surface area (Å²) in [4.78, 5) is 12.3. The van der Waals surface area contributed by atoms with Crippen molar-refractivity contribution in [2.24, 2.45) is 0 Å². The second kappa shape index (κ2) is 10.6. The van der Waals surface area contributed by atoms with Crippen molar-refractivity contribution in [2.75, 3.05) is 11.9 Å². The Morgan fingerprint density at radius 3 is 2.47 bits per heavy atom. The van der Waals surface area contributed by atoms with Gasteiger partial charge in [0.1, 0.15) is 0 Å². The number of rotatable bonds is 9. The summed E-state index contributed by atoms with van der Waals surface area (Å²) >= 11 is 0. The Bertz CT molecular complexity index is 1080. The molecule has 10 heteroatoms. The summed E-state index contributed by atoms with van der Waals surface area (Å²) < 4.78 is 62.2.